The number of hydrogen-bond donors (Lipinski definition) is 2. The molecule has 2 heterocycles. The molecule has 0 atom stereocenters. The van der Waals surface area contributed by atoms with E-state index in [9.17, 15) is 0 Å². The monoisotopic (exact) mass is 456 g/mol. The summed E-state index contributed by atoms with van der Waals surface area (Å²) in [5.74, 6) is 1.93. The van der Waals surface area contributed by atoms with Gasteiger partial charge < -0.3 is 15.4 Å². The van der Waals surface area contributed by atoms with Gasteiger partial charge in [0.1, 0.15) is 11.6 Å². The number of para-hydroxylation sites is 2. The summed E-state index contributed by atoms with van der Waals surface area (Å²) in [6.45, 7) is 0.509. The third-order valence-electron chi connectivity index (χ3n) is 5.17. The fraction of sp³-hybridized carbons (Fsp3) is 0.0800. The van der Waals surface area contributed by atoms with E-state index in [0.717, 1.165) is 28.1 Å². The minimum atomic E-state index is 0.475. The number of fused-ring (bicyclic) bond motifs is 1. The van der Waals surface area contributed by atoms with Gasteiger partial charge in [-0.2, -0.15) is 15.1 Å². The fourth-order valence-corrected chi connectivity index (χ4v) is 3.66. The van der Waals surface area contributed by atoms with Crippen LogP contribution in [0, 0.1) is 0 Å². The molecular formula is C25H21ClN6O. The Morgan fingerprint density at radius 3 is 2.45 bits per heavy atom. The van der Waals surface area contributed by atoms with Gasteiger partial charge in [-0.15, -0.1) is 0 Å². The van der Waals surface area contributed by atoms with Gasteiger partial charge in [-0.1, -0.05) is 48.0 Å². The number of ether oxygens (including phenoxy) is 1. The Morgan fingerprint density at radius 1 is 0.909 bits per heavy atom. The van der Waals surface area contributed by atoms with Gasteiger partial charge in [-0.05, 0) is 42.5 Å². The molecule has 3 aromatic carbocycles. The van der Waals surface area contributed by atoms with Crippen molar-refractivity contribution < 1.29 is 4.74 Å². The maximum atomic E-state index is 6.04. The number of anilines is 3. The summed E-state index contributed by atoms with van der Waals surface area (Å²) in [6, 6.07) is 25.2. The van der Waals surface area contributed by atoms with Crippen LogP contribution in [0.1, 0.15) is 5.56 Å². The maximum absolute atomic E-state index is 6.04. The lowest BCUT2D eigenvalue weighted by atomic mass is 10.2. The molecule has 2 aromatic heterocycles. The number of rotatable bonds is 7. The standard InChI is InChI=1S/C25H21ClN6O/c1-33-22-10-6-5-7-17(22)15-27-25-30-23(29-19-13-11-18(26)12-14-19)21-16-28-32(24(21)31-25)20-8-3-2-4-9-20/h2-14,16H,15H2,1H3,(H2,27,29,30,31). The number of nitrogens with zero attached hydrogens (tertiary/aromatic N) is 4. The zero-order valence-corrected chi connectivity index (χ0v) is 18.6. The van der Waals surface area contributed by atoms with E-state index in [-0.39, 0.29) is 0 Å². The molecule has 0 aliphatic carbocycles. The van der Waals surface area contributed by atoms with Crippen molar-refractivity contribution >= 4 is 40.1 Å². The lowest BCUT2D eigenvalue weighted by Crippen LogP contribution is -2.08. The second-order valence-corrected chi connectivity index (χ2v) is 7.76. The number of halogens is 1. The highest BCUT2D eigenvalue weighted by Crippen LogP contribution is 2.28. The molecule has 2 N–H and O–H groups in total. The molecule has 0 aliphatic heterocycles. The highest BCUT2D eigenvalue weighted by atomic mass is 35.5. The Bertz CT molecular complexity index is 1390. The van der Waals surface area contributed by atoms with E-state index < -0.39 is 0 Å². The molecule has 0 fully saturated rings. The third-order valence-corrected chi connectivity index (χ3v) is 5.42. The molecule has 0 unspecified atom stereocenters. The first-order valence-corrected chi connectivity index (χ1v) is 10.8. The Balaban J connectivity index is 1.55. The molecular weight excluding hydrogens is 436 g/mol. The smallest absolute Gasteiger partial charge is 0.227 e. The minimum Gasteiger partial charge on any atom is -0.496 e. The van der Waals surface area contributed by atoms with Crippen LogP contribution in [0.2, 0.25) is 5.02 Å². The van der Waals surface area contributed by atoms with Crippen LogP contribution in [-0.2, 0) is 6.54 Å². The molecule has 0 saturated carbocycles. The van der Waals surface area contributed by atoms with Gasteiger partial charge in [0.15, 0.2) is 5.65 Å². The Labute approximate surface area is 196 Å². The Hall–Kier alpha value is -4.10. The zero-order valence-electron chi connectivity index (χ0n) is 17.9. The SMILES string of the molecule is COc1ccccc1CNc1nc(Nc2ccc(Cl)cc2)c2cnn(-c3ccccc3)c2n1. The van der Waals surface area contributed by atoms with E-state index in [0.29, 0.717) is 29.0 Å². The first-order chi connectivity index (χ1) is 16.2. The van der Waals surface area contributed by atoms with Gasteiger partial charge in [-0.3, -0.25) is 0 Å². The van der Waals surface area contributed by atoms with Crippen molar-refractivity contribution in [1.29, 1.82) is 0 Å². The van der Waals surface area contributed by atoms with Gasteiger partial charge in [0.25, 0.3) is 0 Å². The second-order valence-electron chi connectivity index (χ2n) is 7.32. The zero-order chi connectivity index (χ0) is 22.6. The molecule has 164 valence electrons. The van der Waals surface area contributed by atoms with E-state index in [1.807, 2.05) is 78.9 Å². The molecule has 0 saturated heterocycles. The van der Waals surface area contributed by atoms with E-state index in [4.69, 9.17) is 26.3 Å². The largest absolute Gasteiger partial charge is 0.496 e. The average Bonchev–Trinajstić information content (AvgIpc) is 3.29. The second kappa shape index (κ2) is 9.18. The number of nitrogens with one attached hydrogen (secondary N) is 2. The molecule has 0 spiro atoms. The molecule has 0 amide bonds. The van der Waals surface area contributed by atoms with Crippen LogP contribution in [0.25, 0.3) is 16.7 Å². The highest BCUT2D eigenvalue weighted by molar-refractivity contribution is 6.30. The predicted octanol–water partition coefficient (Wildman–Crippen LogP) is 5.83. The van der Waals surface area contributed by atoms with Gasteiger partial charge in [0, 0.05) is 22.8 Å². The summed E-state index contributed by atoms with van der Waals surface area (Å²) in [7, 11) is 1.66. The van der Waals surface area contributed by atoms with E-state index in [2.05, 4.69) is 15.7 Å². The molecule has 5 aromatic rings. The summed E-state index contributed by atoms with van der Waals surface area (Å²) in [6.07, 6.45) is 1.77. The van der Waals surface area contributed by atoms with E-state index in [1.165, 1.54) is 0 Å². The number of methoxy groups -OCH3 is 1. The lowest BCUT2D eigenvalue weighted by Gasteiger charge is -2.12. The highest BCUT2D eigenvalue weighted by Gasteiger charge is 2.15. The first kappa shape index (κ1) is 20.8. The van der Waals surface area contributed by atoms with E-state index in [1.54, 1.807) is 18.0 Å². The molecule has 33 heavy (non-hydrogen) atoms. The topological polar surface area (TPSA) is 76.9 Å². The van der Waals surface area contributed by atoms with Crippen LogP contribution in [0.4, 0.5) is 17.5 Å². The summed E-state index contributed by atoms with van der Waals surface area (Å²) in [4.78, 5) is 9.51. The summed E-state index contributed by atoms with van der Waals surface area (Å²) in [5.41, 5.74) is 3.48. The van der Waals surface area contributed by atoms with Gasteiger partial charge in [0.05, 0.1) is 24.4 Å². The van der Waals surface area contributed by atoms with E-state index >= 15 is 0 Å². The third kappa shape index (κ3) is 4.44. The summed E-state index contributed by atoms with van der Waals surface area (Å²) < 4.78 is 7.27. The molecule has 8 heteroatoms. The quantitative estimate of drug-likeness (QED) is 0.320. The van der Waals surface area contributed by atoms with Crippen molar-refractivity contribution in [2.24, 2.45) is 0 Å². The van der Waals surface area contributed by atoms with Crippen LogP contribution >= 0.6 is 11.6 Å². The molecule has 7 nitrogen and oxygen atoms in total. The lowest BCUT2D eigenvalue weighted by molar-refractivity contribution is 0.410. The molecule has 0 bridgehead atoms. The van der Waals surface area contributed by atoms with Crippen molar-refractivity contribution in [2.45, 2.75) is 6.54 Å². The average molecular weight is 457 g/mol. The van der Waals surface area contributed by atoms with Crippen LogP contribution in [0.3, 0.4) is 0 Å². The van der Waals surface area contributed by atoms with Crippen molar-refractivity contribution in [3.05, 3.63) is 95.6 Å². The number of benzene rings is 3. The molecule has 0 aliphatic rings. The van der Waals surface area contributed by atoms with Crippen LogP contribution in [0.15, 0.2) is 85.1 Å². The van der Waals surface area contributed by atoms with Crippen molar-refractivity contribution in [3.63, 3.8) is 0 Å². The molecule has 5 rings (SSSR count). The Morgan fingerprint density at radius 2 is 1.67 bits per heavy atom. The van der Waals surface area contributed by atoms with Crippen molar-refractivity contribution in [3.8, 4) is 11.4 Å². The molecule has 0 radical (unpaired) electrons. The van der Waals surface area contributed by atoms with Crippen LogP contribution in [0.5, 0.6) is 5.75 Å². The van der Waals surface area contributed by atoms with Gasteiger partial charge in [0.2, 0.25) is 5.95 Å². The van der Waals surface area contributed by atoms with Crippen molar-refractivity contribution in [2.75, 3.05) is 17.7 Å². The first-order valence-electron chi connectivity index (χ1n) is 10.4. The Kier molecular flexibility index (Phi) is 5.78. The summed E-state index contributed by atoms with van der Waals surface area (Å²) >= 11 is 6.04. The minimum absolute atomic E-state index is 0.475. The van der Waals surface area contributed by atoms with Crippen molar-refractivity contribution in [1.82, 2.24) is 19.7 Å². The van der Waals surface area contributed by atoms with Gasteiger partial charge in [-0.25, -0.2) is 4.68 Å². The van der Waals surface area contributed by atoms with Gasteiger partial charge >= 0.3 is 0 Å². The number of aromatic nitrogens is 4. The fourth-order valence-electron chi connectivity index (χ4n) is 3.53. The summed E-state index contributed by atoms with van der Waals surface area (Å²) in [5, 5.41) is 12.7. The van der Waals surface area contributed by atoms with Crippen LogP contribution in [-0.4, -0.2) is 26.9 Å². The normalized spacial score (nSPS) is 10.8. The maximum Gasteiger partial charge on any atom is 0.227 e. The number of hydrogen-bond acceptors (Lipinski definition) is 6. The van der Waals surface area contributed by atoms with Crippen LogP contribution < -0.4 is 15.4 Å². The predicted molar refractivity (Wildman–Crippen MR) is 132 cm³/mol.